The highest BCUT2D eigenvalue weighted by Gasteiger charge is 2.44. The molecule has 2 aromatic rings. The highest BCUT2D eigenvalue weighted by molar-refractivity contribution is 6.07. The fourth-order valence-electron chi connectivity index (χ4n) is 4.59. The average Bonchev–Trinajstić information content (AvgIpc) is 2.77. The number of aliphatic hydroxyl groups excluding tert-OH is 1. The molecule has 0 aromatic heterocycles. The summed E-state index contributed by atoms with van der Waals surface area (Å²) in [6.07, 6.45) is 4.96. The molecule has 0 aliphatic carbocycles. The van der Waals surface area contributed by atoms with Crippen LogP contribution in [0.2, 0.25) is 0 Å². The van der Waals surface area contributed by atoms with Crippen LogP contribution in [0.25, 0.3) is 12.2 Å². The molecule has 0 fully saturated rings. The van der Waals surface area contributed by atoms with Crippen LogP contribution in [0.1, 0.15) is 66.4 Å². The van der Waals surface area contributed by atoms with Crippen LogP contribution in [0, 0.1) is 6.92 Å². The van der Waals surface area contributed by atoms with Crippen LogP contribution in [0.4, 0.5) is 0 Å². The first-order valence-corrected chi connectivity index (χ1v) is 11.2. The number of hydrogen-bond acceptors (Lipinski definition) is 7. The summed E-state index contributed by atoms with van der Waals surface area (Å²) >= 11 is 0. The Morgan fingerprint density at radius 2 is 1.68 bits per heavy atom. The Labute approximate surface area is 198 Å². The van der Waals surface area contributed by atoms with Crippen LogP contribution in [0.3, 0.4) is 0 Å². The lowest BCUT2D eigenvalue weighted by atomic mass is 9.87. The molecular weight excluding hydrogens is 436 g/mol. The molecular formula is C27H28O7. The summed E-state index contributed by atoms with van der Waals surface area (Å²) in [6.45, 7) is 9.37. The first-order chi connectivity index (χ1) is 15.9. The molecule has 3 aliphatic heterocycles. The van der Waals surface area contributed by atoms with Gasteiger partial charge >= 0.3 is 0 Å². The molecule has 7 heteroatoms. The maximum absolute atomic E-state index is 13.3. The van der Waals surface area contributed by atoms with E-state index in [2.05, 4.69) is 0 Å². The number of Topliss-reactive ketones (excluding diaryl/α,β-unsaturated/α-hetero) is 1. The van der Waals surface area contributed by atoms with Crippen molar-refractivity contribution < 1.29 is 34.0 Å². The second-order valence-corrected chi connectivity index (χ2v) is 9.98. The minimum Gasteiger partial charge on any atom is -0.507 e. The fourth-order valence-corrected chi connectivity index (χ4v) is 4.59. The number of ketones is 1. The van der Waals surface area contributed by atoms with Gasteiger partial charge in [0.25, 0.3) is 0 Å². The van der Waals surface area contributed by atoms with Crippen molar-refractivity contribution >= 4 is 17.9 Å². The lowest BCUT2D eigenvalue weighted by Crippen LogP contribution is -2.38. The highest BCUT2D eigenvalue weighted by atomic mass is 16.5. The van der Waals surface area contributed by atoms with Gasteiger partial charge in [-0.15, -0.1) is 0 Å². The number of rotatable bonds is 2. The molecule has 5 rings (SSSR count). The van der Waals surface area contributed by atoms with E-state index in [0.717, 1.165) is 5.56 Å². The van der Waals surface area contributed by atoms with Gasteiger partial charge in [0.2, 0.25) is 5.78 Å². The Hall–Kier alpha value is -3.45. The molecule has 34 heavy (non-hydrogen) atoms. The molecule has 3 heterocycles. The van der Waals surface area contributed by atoms with E-state index in [0.29, 0.717) is 33.9 Å². The monoisotopic (exact) mass is 464 g/mol. The molecule has 0 saturated carbocycles. The van der Waals surface area contributed by atoms with Gasteiger partial charge in [-0.1, -0.05) is 6.08 Å². The zero-order chi connectivity index (χ0) is 24.6. The second-order valence-electron chi connectivity index (χ2n) is 9.98. The molecule has 0 spiro atoms. The van der Waals surface area contributed by atoms with Crippen LogP contribution in [-0.4, -0.2) is 40.4 Å². The van der Waals surface area contributed by atoms with Crippen molar-refractivity contribution in [2.45, 2.75) is 58.0 Å². The molecule has 0 saturated heterocycles. The van der Waals surface area contributed by atoms with Gasteiger partial charge in [0.1, 0.15) is 45.5 Å². The van der Waals surface area contributed by atoms with Crippen LogP contribution >= 0.6 is 0 Å². The van der Waals surface area contributed by atoms with Gasteiger partial charge in [-0.2, -0.15) is 0 Å². The van der Waals surface area contributed by atoms with Gasteiger partial charge in [0, 0.05) is 22.8 Å². The summed E-state index contributed by atoms with van der Waals surface area (Å²) in [5, 5.41) is 21.9. The molecule has 2 atom stereocenters. The summed E-state index contributed by atoms with van der Waals surface area (Å²) < 4.78 is 24.0. The van der Waals surface area contributed by atoms with E-state index in [1.165, 1.54) is 7.11 Å². The van der Waals surface area contributed by atoms with Crippen LogP contribution < -0.4 is 18.9 Å². The SMILES string of the molecule is COc1cc2c(cc1[C@H]1Oc3c4c(c(C)c(O)c3C(=O)C1O)OC(C)(C)C=C4)C=CC(C)(C)O2. The van der Waals surface area contributed by atoms with Crippen LogP contribution in [0.15, 0.2) is 24.3 Å². The van der Waals surface area contributed by atoms with Crippen molar-refractivity contribution in [1.82, 2.24) is 0 Å². The molecule has 2 aromatic carbocycles. The van der Waals surface area contributed by atoms with Crippen molar-refractivity contribution in [3.05, 3.63) is 52.1 Å². The smallest absolute Gasteiger partial charge is 0.202 e. The summed E-state index contributed by atoms with van der Waals surface area (Å²) in [5.74, 6) is 0.803. The maximum Gasteiger partial charge on any atom is 0.202 e. The number of carbonyl (C=O) groups excluding carboxylic acids is 1. The minimum absolute atomic E-state index is 0.0464. The van der Waals surface area contributed by atoms with Crippen molar-refractivity contribution in [3.8, 4) is 28.7 Å². The predicted molar refractivity (Wildman–Crippen MR) is 127 cm³/mol. The Morgan fingerprint density at radius 3 is 2.38 bits per heavy atom. The molecule has 2 N–H and O–H groups in total. The Kier molecular flexibility index (Phi) is 4.78. The van der Waals surface area contributed by atoms with Crippen LogP contribution in [0.5, 0.6) is 28.7 Å². The number of phenolic OH excluding ortho intramolecular Hbond substituents is 1. The van der Waals surface area contributed by atoms with Gasteiger partial charge in [-0.3, -0.25) is 4.79 Å². The van der Waals surface area contributed by atoms with E-state index >= 15 is 0 Å². The number of benzene rings is 2. The quantitative estimate of drug-likeness (QED) is 0.662. The lowest BCUT2D eigenvalue weighted by Gasteiger charge is -2.36. The molecule has 178 valence electrons. The molecule has 7 nitrogen and oxygen atoms in total. The minimum atomic E-state index is -1.54. The number of phenols is 1. The number of aliphatic hydroxyl groups is 1. The van der Waals surface area contributed by atoms with Crippen molar-refractivity contribution in [2.24, 2.45) is 0 Å². The summed E-state index contributed by atoms with van der Waals surface area (Å²) in [6, 6.07) is 3.53. The van der Waals surface area contributed by atoms with Gasteiger partial charge in [0.15, 0.2) is 12.2 Å². The van der Waals surface area contributed by atoms with Gasteiger partial charge in [-0.05, 0) is 58.9 Å². The number of hydrogen-bond donors (Lipinski definition) is 2. The van der Waals surface area contributed by atoms with Crippen LogP contribution in [-0.2, 0) is 0 Å². The van der Waals surface area contributed by atoms with Crippen molar-refractivity contribution in [1.29, 1.82) is 0 Å². The van der Waals surface area contributed by atoms with E-state index in [1.54, 1.807) is 19.1 Å². The van der Waals surface area contributed by atoms with E-state index in [9.17, 15) is 15.0 Å². The molecule has 1 unspecified atom stereocenters. The fraction of sp³-hybridized carbons (Fsp3) is 0.370. The largest absolute Gasteiger partial charge is 0.507 e. The number of aromatic hydroxyl groups is 1. The lowest BCUT2D eigenvalue weighted by molar-refractivity contribution is 0.0198. The maximum atomic E-state index is 13.3. The Balaban J connectivity index is 1.66. The third kappa shape index (κ3) is 3.34. The summed E-state index contributed by atoms with van der Waals surface area (Å²) in [4.78, 5) is 13.3. The first-order valence-electron chi connectivity index (χ1n) is 11.2. The third-order valence-corrected chi connectivity index (χ3v) is 6.42. The van der Waals surface area contributed by atoms with E-state index in [4.69, 9.17) is 18.9 Å². The zero-order valence-corrected chi connectivity index (χ0v) is 20.1. The predicted octanol–water partition coefficient (Wildman–Crippen LogP) is 4.75. The number of ether oxygens (including phenoxy) is 4. The average molecular weight is 465 g/mol. The summed E-state index contributed by atoms with van der Waals surface area (Å²) in [7, 11) is 1.51. The van der Waals surface area contributed by atoms with Gasteiger partial charge in [-0.25, -0.2) is 0 Å². The summed E-state index contributed by atoms with van der Waals surface area (Å²) in [5.41, 5.74) is 1.15. The topological polar surface area (TPSA) is 94.5 Å². The Morgan fingerprint density at radius 1 is 1.00 bits per heavy atom. The standard InChI is InChI=1S/C27H28O7/c1-13-20(28)19-21(29)22(30)25(32-24(19)15-8-10-27(4,5)34-23(13)15)16-11-14-7-9-26(2,3)33-17(14)12-18(16)31-6/h7-12,22,25,28,30H,1-6H3/t22?,25-/m1/s1. The third-order valence-electron chi connectivity index (χ3n) is 6.42. The number of carbonyl (C=O) groups is 1. The normalized spacial score (nSPS) is 23.1. The van der Waals surface area contributed by atoms with E-state index in [-0.39, 0.29) is 17.1 Å². The number of fused-ring (bicyclic) bond motifs is 4. The molecule has 0 bridgehead atoms. The van der Waals surface area contributed by atoms with Crippen molar-refractivity contribution in [3.63, 3.8) is 0 Å². The van der Waals surface area contributed by atoms with E-state index < -0.39 is 29.2 Å². The zero-order valence-electron chi connectivity index (χ0n) is 20.1. The second kappa shape index (κ2) is 7.27. The molecule has 3 aliphatic rings. The molecule has 0 amide bonds. The highest BCUT2D eigenvalue weighted by Crippen LogP contribution is 2.52. The van der Waals surface area contributed by atoms with Gasteiger partial charge < -0.3 is 29.2 Å². The van der Waals surface area contributed by atoms with Gasteiger partial charge in [0.05, 0.1) is 12.7 Å². The molecule has 0 radical (unpaired) electrons. The van der Waals surface area contributed by atoms with E-state index in [1.807, 2.05) is 52.0 Å². The first kappa shape index (κ1) is 22.3. The van der Waals surface area contributed by atoms with Crippen molar-refractivity contribution in [2.75, 3.05) is 7.11 Å². The Bertz CT molecular complexity index is 1280. The number of methoxy groups -OCH3 is 1.